The molecule has 3 aromatic heterocycles. The highest BCUT2D eigenvalue weighted by Gasteiger charge is 2.14. The molecule has 0 atom stereocenters. The molecule has 0 aliphatic heterocycles. The number of carbonyl (C=O) groups is 1. The highest BCUT2D eigenvalue weighted by Crippen LogP contribution is 2.12. The number of para-hydroxylation sites is 1. The molecule has 7 nitrogen and oxygen atoms in total. The van der Waals surface area contributed by atoms with E-state index in [9.17, 15) is 9.59 Å². The predicted molar refractivity (Wildman–Crippen MR) is 86.6 cm³/mol. The van der Waals surface area contributed by atoms with Crippen LogP contribution in [0.3, 0.4) is 0 Å². The van der Waals surface area contributed by atoms with Gasteiger partial charge in [0.1, 0.15) is 11.1 Å². The first-order chi connectivity index (χ1) is 11.7. The van der Waals surface area contributed by atoms with Crippen LogP contribution in [0.5, 0.6) is 0 Å². The van der Waals surface area contributed by atoms with E-state index in [-0.39, 0.29) is 12.1 Å². The summed E-state index contributed by atoms with van der Waals surface area (Å²) in [5.74, 6) is 0.0614. The van der Waals surface area contributed by atoms with Crippen LogP contribution in [0.4, 0.5) is 0 Å². The van der Waals surface area contributed by atoms with Gasteiger partial charge in [-0.25, -0.2) is 4.79 Å². The van der Waals surface area contributed by atoms with Crippen LogP contribution in [0.25, 0.3) is 16.6 Å². The second kappa shape index (κ2) is 5.62. The molecule has 0 saturated heterocycles. The molecule has 0 saturated carbocycles. The summed E-state index contributed by atoms with van der Waals surface area (Å²) in [6, 6.07) is 14.1. The Balaban J connectivity index is 1.60. The van der Waals surface area contributed by atoms with Crippen molar-refractivity contribution in [3.63, 3.8) is 0 Å². The van der Waals surface area contributed by atoms with Crippen LogP contribution in [-0.4, -0.2) is 20.5 Å². The third-order valence-corrected chi connectivity index (χ3v) is 3.68. The minimum Gasteiger partial charge on any atom is -0.422 e. The van der Waals surface area contributed by atoms with Crippen molar-refractivity contribution in [2.24, 2.45) is 0 Å². The Morgan fingerprint density at radius 1 is 1.12 bits per heavy atom. The molecule has 1 N–H and O–H groups in total. The molecule has 0 radical (unpaired) electrons. The lowest BCUT2D eigenvalue weighted by molar-refractivity contribution is 0.0946. The number of carbonyl (C=O) groups excluding carboxylic acids is 1. The topological polar surface area (TPSA) is 89.5 Å². The fourth-order valence-electron chi connectivity index (χ4n) is 2.49. The van der Waals surface area contributed by atoms with Gasteiger partial charge in [-0.2, -0.15) is 0 Å². The minimum absolute atomic E-state index is 0.0393. The molecule has 118 valence electrons. The van der Waals surface area contributed by atoms with E-state index >= 15 is 0 Å². The van der Waals surface area contributed by atoms with E-state index in [0.29, 0.717) is 22.4 Å². The standard InChI is InChI=1S/C17H12N4O3/c22-16(12-9-11-5-1-2-6-13(11)24-17(12)23)18-10-15-20-19-14-7-3-4-8-21(14)15/h1-9H,10H2,(H,18,22). The quantitative estimate of drug-likeness (QED) is 0.581. The second-order valence-electron chi connectivity index (χ2n) is 5.21. The zero-order chi connectivity index (χ0) is 16.5. The molecule has 0 fully saturated rings. The Morgan fingerprint density at radius 3 is 2.88 bits per heavy atom. The van der Waals surface area contributed by atoms with Gasteiger partial charge in [-0.1, -0.05) is 24.3 Å². The van der Waals surface area contributed by atoms with Crippen molar-refractivity contribution in [1.82, 2.24) is 19.9 Å². The lowest BCUT2D eigenvalue weighted by atomic mass is 10.2. The zero-order valence-corrected chi connectivity index (χ0v) is 12.5. The van der Waals surface area contributed by atoms with Crippen LogP contribution in [0, 0.1) is 0 Å². The normalized spacial score (nSPS) is 11.0. The minimum atomic E-state index is -0.669. The average Bonchev–Trinajstić information content (AvgIpc) is 3.02. The van der Waals surface area contributed by atoms with Crippen molar-refractivity contribution >= 4 is 22.5 Å². The number of fused-ring (bicyclic) bond motifs is 2. The Kier molecular flexibility index (Phi) is 3.31. The van der Waals surface area contributed by atoms with Crippen LogP contribution < -0.4 is 10.9 Å². The highest BCUT2D eigenvalue weighted by molar-refractivity contribution is 5.96. The molecule has 1 amide bonds. The molecule has 4 aromatic rings. The van der Waals surface area contributed by atoms with Crippen molar-refractivity contribution in [2.75, 3.05) is 0 Å². The average molecular weight is 320 g/mol. The summed E-state index contributed by atoms with van der Waals surface area (Å²) in [6.07, 6.45) is 1.81. The number of amides is 1. The molecule has 3 heterocycles. The van der Waals surface area contributed by atoms with Gasteiger partial charge in [0.2, 0.25) is 0 Å². The van der Waals surface area contributed by atoms with Gasteiger partial charge in [0.05, 0.1) is 6.54 Å². The van der Waals surface area contributed by atoms with Gasteiger partial charge < -0.3 is 9.73 Å². The number of nitrogens with one attached hydrogen (secondary N) is 1. The van der Waals surface area contributed by atoms with Crippen LogP contribution >= 0.6 is 0 Å². The number of pyridine rings is 1. The number of hydrogen-bond donors (Lipinski definition) is 1. The van der Waals surface area contributed by atoms with E-state index in [2.05, 4.69) is 15.5 Å². The maximum Gasteiger partial charge on any atom is 0.349 e. The molecule has 4 rings (SSSR count). The van der Waals surface area contributed by atoms with Gasteiger partial charge in [0.15, 0.2) is 11.5 Å². The molecular weight excluding hydrogens is 308 g/mol. The van der Waals surface area contributed by atoms with Crippen molar-refractivity contribution in [1.29, 1.82) is 0 Å². The SMILES string of the molecule is O=C(NCc1nnc2ccccn12)c1cc2ccccc2oc1=O. The highest BCUT2D eigenvalue weighted by atomic mass is 16.4. The number of aromatic nitrogens is 3. The van der Waals surface area contributed by atoms with Crippen LogP contribution in [-0.2, 0) is 6.54 Å². The fraction of sp³-hybridized carbons (Fsp3) is 0.0588. The van der Waals surface area contributed by atoms with Crippen LogP contribution in [0.2, 0.25) is 0 Å². The van der Waals surface area contributed by atoms with E-state index in [0.717, 1.165) is 0 Å². The van der Waals surface area contributed by atoms with E-state index in [1.165, 1.54) is 6.07 Å². The van der Waals surface area contributed by atoms with E-state index in [4.69, 9.17) is 4.42 Å². The first kappa shape index (κ1) is 14.1. The fourth-order valence-corrected chi connectivity index (χ4v) is 2.49. The third-order valence-electron chi connectivity index (χ3n) is 3.68. The summed E-state index contributed by atoms with van der Waals surface area (Å²) >= 11 is 0. The van der Waals surface area contributed by atoms with Gasteiger partial charge >= 0.3 is 5.63 Å². The number of benzene rings is 1. The zero-order valence-electron chi connectivity index (χ0n) is 12.5. The molecule has 7 heteroatoms. The van der Waals surface area contributed by atoms with Crippen molar-refractivity contribution in [3.8, 4) is 0 Å². The van der Waals surface area contributed by atoms with Gasteiger partial charge in [0.25, 0.3) is 5.91 Å². The molecule has 0 aliphatic carbocycles. The van der Waals surface area contributed by atoms with E-state index < -0.39 is 11.5 Å². The molecule has 0 spiro atoms. The van der Waals surface area contributed by atoms with E-state index in [1.54, 1.807) is 28.8 Å². The Labute approximate surface area is 135 Å². The second-order valence-corrected chi connectivity index (χ2v) is 5.21. The Bertz CT molecular complexity index is 1110. The number of hydrogen-bond acceptors (Lipinski definition) is 5. The van der Waals surface area contributed by atoms with Crippen molar-refractivity contribution in [3.05, 3.63) is 76.5 Å². The maximum atomic E-state index is 12.3. The summed E-state index contributed by atoms with van der Waals surface area (Å²) in [5, 5.41) is 11.4. The first-order valence-electron chi connectivity index (χ1n) is 7.32. The first-order valence-corrected chi connectivity index (χ1v) is 7.32. The van der Waals surface area contributed by atoms with Crippen LogP contribution in [0.15, 0.2) is 63.9 Å². The molecule has 0 aliphatic rings. The van der Waals surface area contributed by atoms with Gasteiger partial charge in [-0.15, -0.1) is 10.2 Å². The molecule has 0 unspecified atom stereocenters. The molecular formula is C17H12N4O3. The largest absolute Gasteiger partial charge is 0.422 e. The summed E-state index contributed by atoms with van der Waals surface area (Å²) in [5.41, 5.74) is 0.425. The summed E-state index contributed by atoms with van der Waals surface area (Å²) in [7, 11) is 0. The number of nitrogens with zero attached hydrogens (tertiary/aromatic N) is 3. The summed E-state index contributed by atoms with van der Waals surface area (Å²) in [6.45, 7) is 0.149. The summed E-state index contributed by atoms with van der Waals surface area (Å²) < 4.78 is 6.94. The van der Waals surface area contributed by atoms with Crippen molar-refractivity contribution in [2.45, 2.75) is 6.54 Å². The van der Waals surface area contributed by atoms with Gasteiger partial charge in [0, 0.05) is 11.6 Å². The smallest absolute Gasteiger partial charge is 0.349 e. The lowest BCUT2D eigenvalue weighted by Gasteiger charge is -2.04. The van der Waals surface area contributed by atoms with Gasteiger partial charge in [-0.05, 0) is 24.3 Å². The number of rotatable bonds is 3. The third kappa shape index (κ3) is 2.41. The predicted octanol–water partition coefficient (Wildman–Crippen LogP) is 1.77. The molecule has 24 heavy (non-hydrogen) atoms. The Morgan fingerprint density at radius 2 is 1.96 bits per heavy atom. The maximum absolute atomic E-state index is 12.3. The molecule has 1 aromatic carbocycles. The van der Waals surface area contributed by atoms with E-state index in [1.807, 2.05) is 24.3 Å². The van der Waals surface area contributed by atoms with Crippen molar-refractivity contribution < 1.29 is 9.21 Å². The van der Waals surface area contributed by atoms with Gasteiger partial charge in [-0.3, -0.25) is 9.20 Å². The molecule has 0 bridgehead atoms. The lowest BCUT2D eigenvalue weighted by Crippen LogP contribution is -2.28. The van der Waals surface area contributed by atoms with Crippen LogP contribution in [0.1, 0.15) is 16.2 Å². The summed E-state index contributed by atoms with van der Waals surface area (Å²) in [4.78, 5) is 24.3. The monoisotopic (exact) mass is 320 g/mol. The Hall–Kier alpha value is -3.48.